The fourth-order valence-electron chi connectivity index (χ4n) is 3.31. The van der Waals surface area contributed by atoms with Crippen LogP contribution in [0.4, 0.5) is 10.1 Å². The molecule has 2 rings (SSSR count). The number of nitrogens with zero attached hydrogens (tertiary/aromatic N) is 1. The van der Waals surface area contributed by atoms with Crippen molar-refractivity contribution < 1.29 is 4.39 Å². The summed E-state index contributed by atoms with van der Waals surface area (Å²) in [5.41, 5.74) is 9.16. The summed E-state index contributed by atoms with van der Waals surface area (Å²) in [6.45, 7) is 12.8. The fraction of sp³-hybridized carbons (Fsp3) is 0.667. The number of nitrogens with two attached hydrogens (primary N) is 1. The summed E-state index contributed by atoms with van der Waals surface area (Å²) in [6.07, 6.45) is 2.39. The highest BCUT2D eigenvalue weighted by Crippen LogP contribution is 2.37. The normalized spacial score (nSPS) is 18.9. The predicted molar refractivity (Wildman–Crippen MR) is 88.1 cm³/mol. The van der Waals surface area contributed by atoms with E-state index in [0.29, 0.717) is 11.0 Å². The largest absolute Gasteiger partial charge is 0.371 e. The van der Waals surface area contributed by atoms with E-state index < -0.39 is 0 Å². The Balaban J connectivity index is 2.22. The van der Waals surface area contributed by atoms with Crippen molar-refractivity contribution in [3.63, 3.8) is 0 Å². The third-order valence-corrected chi connectivity index (χ3v) is 4.86. The van der Waals surface area contributed by atoms with Gasteiger partial charge in [0, 0.05) is 24.8 Å². The summed E-state index contributed by atoms with van der Waals surface area (Å²) >= 11 is 0. The monoisotopic (exact) mass is 292 g/mol. The van der Waals surface area contributed by atoms with E-state index in [1.807, 2.05) is 19.9 Å². The van der Waals surface area contributed by atoms with E-state index in [0.717, 1.165) is 30.3 Å². The van der Waals surface area contributed by atoms with Gasteiger partial charge in [-0.3, -0.25) is 0 Å². The first-order valence-corrected chi connectivity index (χ1v) is 8.00. The first kappa shape index (κ1) is 16.3. The number of piperidine rings is 1. The standard InChI is InChI=1S/C18H29FN2/c1-12-10-17(15(13(2)20)11-16(12)19)21-8-6-14(7-9-21)18(3,4)5/h10-11,13-14H,6-9,20H2,1-5H3. The molecular weight excluding hydrogens is 263 g/mol. The Kier molecular flexibility index (Phi) is 4.62. The second-order valence-corrected chi connectivity index (χ2v) is 7.58. The summed E-state index contributed by atoms with van der Waals surface area (Å²) in [5.74, 6) is 0.602. The molecule has 0 saturated carbocycles. The highest BCUT2D eigenvalue weighted by molar-refractivity contribution is 5.57. The van der Waals surface area contributed by atoms with Crippen molar-refractivity contribution in [2.45, 2.75) is 53.5 Å². The lowest BCUT2D eigenvalue weighted by atomic mass is 9.75. The summed E-state index contributed by atoms with van der Waals surface area (Å²) < 4.78 is 13.8. The Morgan fingerprint density at radius 3 is 2.29 bits per heavy atom. The molecule has 0 spiro atoms. The molecule has 1 saturated heterocycles. The van der Waals surface area contributed by atoms with E-state index >= 15 is 0 Å². The maximum atomic E-state index is 13.8. The lowest BCUT2D eigenvalue weighted by Crippen LogP contribution is -2.38. The number of benzene rings is 1. The summed E-state index contributed by atoms with van der Waals surface area (Å²) in [7, 11) is 0. The summed E-state index contributed by atoms with van der Waals surface area (Å²) in [6, 6.07) is 3.44. The molecule has 0 amide bonds. The van der Waals surface area contributed by atoms with Crippen LogP contribution in [0.5, 0.6) is 0 Å². The van der Waals surface area contributed by atoms with Crippen molar-refractivity contribution in [2.24, 2.45) is 17.1 Å². The van der Waals surface area contributed by atoms with Crippen LogP contribution in [0, 0.1) is 24.1 Å². The van der Waals surface area contributed by atoms with E-state index in [-0.39, 0.29) is 11.9 Å². The van der Waals surface area contributed by atoms with Crippen LogP contribution in [0.3, 0.4) is 0 Å². The number of hydrogen-bond donors (Lipinski definition) is 1. The van der Waals surface area contributed by atoms with E-state index in [1.54, 1.807) is 6.07 Å². The third-order valence-electron chi connectivity index (χ3n) is 4.86. The zero-order chi connectivity index (χ0) is 15.8. The number of hydrogen-bond acceptors (Lipinski definition) is 2. The second kappa shape index (κ2) is 5.96. The minimum Gasteiger partial charge on any atom is -0.371 e. The molecule has 1 aromatic carbocycles. The number of anilines is 1. The zero-order valence-corrected chi connectivity index (χ0v) is 14.0. The van der Waals surface area contributed by atoms with Crippen molar-refractivity contribution in [3.8, 4) is 0 Å². The van der Waals surface area contributed by atoms with Crippen molar-refractivity contribution in [3.05, 3.63) is 29.1 Å². The smallest absolute Gasteiger partial charge is 0.126 e. The minimum atomic E-state index is -0.157. The molecule has 1 heterocycles. The van der Waals surface area contributed by atoms with E-state index in [1.165, 1.54) is 12.8 Å². The van der Waals surface area contributed by atoms with Crippen LogP contribution >= 0.6 is 0 Å². The first-order valence-electron chi connectivity index (χ1n) is 8.00. The molecule has 118 valence electrons. The summed E-state index contributed by atoms with van der Waals surface area (Å²) in [4.78, 5) is 2.38. The Morgan fingerprint density at radius 1 is 1.24 bits per heavy atom. The number of halogens is 1. The third kappa shape index (κ3) is 3.57. The Bertz CT molecular complexity index is 495. The molecule has 3 heteroatoms. The quantitative estimate of drug-likeness (QED) is 0.874. The van der Waals surface area contributed by atoms with Gasteiger partial charge >= 0.3 is 0 Å². The average molecular weight is 292 g/mol. The van der Waals surface area contributed by atoms with Crippen molar-refractivity contribution >= 4 is 5.69 Å². The lowest BCUT2D eigenvalue weighted by Gasteiger charge is -2.40. The molecule has 21 heavy (non-hydrogen) atoms. The average Bonchev–Trinajstić information content (AvgIpc) is 2.40. The molecule has 0 aromatic heterocycles. The van der Waals surface area contributed by atoms with Crippen LogP contribution in [0.25, 0.3) is 0 Å². The van der Waals surface area contributed by atoms with Gasteiger partial charge in [-0.1, -0.05) is 20.8 Å². The van der Waals surface area contributed by atoms with Gasteiger partial charge in [0.1, 0.15) is 5.82 Å². The number of aryl methyl sites for hydroxylation is 1. The molecule has 1 atom stereocenters. The van der Waals surface area contributed by atoms with Gasteiger partial charge in [-0.25, -0.2) is 4.39 Å². The van der Waals surface area contributed by atoms with Gasteiger partial charge in [-0.2, -0.15) is 0 Å². The summed E-state index contributed by atoms with van der Waals surface area (Å²) in [5, 5.41) is 0. The van der Waals surface area contributed by atoms with Crippen molar-refractivity contribution in [2.75, 3.05) is 18.0 Å². The zero-order valence-electron chi connectivity index (χ0n) is 14.0. The molecule has 1 aliphatic heterocycles. The van der Waals surface area contributed by atoms with Crippen molar-refractivity contribution in [1.29, 1.82) is 0 Å². The van der Waals surface area contributed by atoms with Gasteiger partial charge in [0.2, 0.25) is 0 Å². The van der Waals surface area contributed by atoms with E-state index in [2.05, 4.69) is 25.7 Å². The Labute approximate surface area is 128 Å². The number of rotatable bonds is 2. The molecule has 1 unspecified atom stereocenters. The van der Waals surface area contributed by atoms with Crippen LogP contribution in [-0.2, 0) is 0 Å². The van der Waals surface area contributed by atoms with Crippen LogP contribution in [0.2, 0.25) is 0 Å². The first-order chi connectivity index (χ1) is 9.70. The van der Waals surface area contributed by atoms with E-state index in [4.69, 9.17) is 5.73 Å². The second-order valence-electron chi connectivity index (χ2n) is 7.58. The van der Waals surface area contributed by atoms with Crippen LogP contribution in [0.15, 0.2) is 12.1 Å². The van der Waals surface area contributed by atoms with Crippen LogP contribution < -0.4 is 10.6 Å². The molecule has 2 nitrogen and oxygen atoms in total. The minimum absolute atomic E-state index is 0.143. The lowest BCUT2D eigenvalue weighted by molar-refractivity contribution is 0.199. The van der Waals surface area contributed by atoms with Gasteiger partial charge in [0.15, 0.2) is 0 Å². The van der Waals surface area contributed by atoms with Gasteiger partial charge < -0.3 is 10.6 Å². The van der Waals surface area contributed by atoms with E-state index in [9.17, 15) is 4.39 Å². The molecule has 2 N–H and O–H groups in total. The van der Waals surface area contributed by atoms with Gasteiger partial charge in [0.25, 0.3) is 0 Å². The van der Waals surface area contributed by atoms with Gasteiger partial charge in [0.05, 0.1) is 0 Å². The highest BCUT2D eigenvalue weighted by Gasteiger charge is 2.29. The van der Waals surface area contributed by atoms with Crippen LogP contribution in [0.1, 0.15) is 57.7 Å². The van der Waals surface area contributed by atoms with Gasteiger partial charge in [-0.15, -0.1) is 0 Å². The topological polar surface area (TPSA) is 29.3 Å². The predicted octanol–water partition coefficient (Wildman–Crippen LogP) is 4.42. The molecule has 1 fully saturated rings. The SMILES string of the molecule is Cc1cc(N2CCC(C(C)(C)C)CC2)c(C(C)N)cc1F. The van der Waals surface area contributed by atoms with Crippen LogP contribution in [-0.4, -0.2) is 13.1 Å². The molecule has 0 radical (unpaired) electrons. The maximum absolute atomic E-state index is 13.8. The Morgan fingerprint density at radius 2 is 1.81 bits per heavy atom. The van der Waals surface area contributed by atoms with Crippen molar-refractivity contribution in [1.82, 2.24) is 0 Å². The fourth-order valence-corrected chi connectivity index (χ4v) is 3.31. The molecule has 1 aliphatic rings. The molecule has 0 aliphatic carbocycles. The molecular formula is C18H29FN2. The maximum Gasteiger partial charge on any atom is 0.126 e. The highest BCUT2D eigenvalue weighted by atomic mass is 19.1. The Hall–Kier alpha value is -1.09. The molecule has 0 bridgehead atoms. The molecule has 1 aromatic rings. The van der Waals surface area contributed by atoms with Gasteiger partial charge in [-0.05, 0) is 61.3 Å².